The number of hydrogen-bond donors (Lipinski definition) is 0. The van der Waals surface area contributed by atoms with E-state index in [1.807, 2.05) is 52.0 Å². The highest BCUT2D eigenvalue weighted by Crippen LogP contribution is 2.25. The maximum atomic E-state index is 12.8. The van der Waals surface area contributed by atoms with Gasteiger partial charge < -0.3 is 4.74 Å². The molecule has 2 aromatic rings. The first-order chi connectivity index (χ1) is 11.7. The van der Waals surface area contributed by atoms with E-state index in [4.69, 9.17) is 4.74 Å². The molecule has 6 heteroatoms. The van der Waals surface area contributed by atoms with E-state index in [0.29, 0.717) is 25.2 Å². The summed E-state index contributed by atoms with van der Waals surface area (Å²) in [5.41, 5.74) is 1.37. The average molecular weight is 343 g/mol. The molecule has 134 valence electrons. The van der Waals surface area contributed by atoms with Crippen molar-refractivity contribution in [1.82, 2.24) is 14.3 Å². The lowest BCUT2D eigenvalue weighted by atomic mass is 10.0. The molecule has 0 amide bonds. The minimum absolute atomic E-state index is 0.244. The molecule has 0 N–H and O–H groups in total. The fourth-order valence-corrected chi connectivity index (χ4v) is 3.09. The molecular formula is C19H25N3O3. The number of fused-ring (bicyclic) bond motifs is 1. The van der Waals surface area contributed by atoms with Crippen LogP contribution in [0.25, 0.3) is 0 Å². The largest absolute Gasteiger partial charge is 0.458 e. The smallest absolute Gasteiger partial charge is 0.347 e. The second kappa shape index (κ2) is 6.50. The Kier molecular flexibility index (Phi) is 4.54. The zero-order chi connectivity index (χ0) is 18.2. The molecule has 2 heterocycles. The van der Waals surface area contributed by atoms with Gasteiger partial charge in [-0.05, 0) is 46.1 Å². The van der Waals surface area contributed by atoms with E-state index in [1.165, 1.54) is 14.8 Å². The molecule has 1 aromatic carbocycles. The summed E-state index contributed by atoms with van der Waals surface area (Å²) in [4.78, 5) is 25.3. The Morgan fingerprint density at radius 1 is 1.28 bits per heavy atom. The van der Waals surface area contributed by atoms with Gasteiger partial charge in [0.2, 0.25) is 0 Å². The lowest BCUT2D eigenvalue weighted by Crippen LogP contribution is -2.38. The summed E-state index contributed by atoms with van der Waals surface area (Å²) < 4.78 is 8.46. The number of ether oxygens (including phenoxy) is 1. The van der Waals surface area contributed by atoms with Gasteiger partial charge in [0.15, 0.2) is 0 Å². The van der Waals surface area contributed by atoms with Gasteiger partial charge in [0.1, 0.15) is 17.5 Å². The van der Waals surface area contributed by atoms with E-state index in [9.17, 15) is 9.59 Å². The summed E-state index contributed by atoms with van der Waals surface area (Å²) in [5.74, 6) is 0.310. The molecule has 0 bridgehead atoms. The Hall–Kier alpha value is -2.37. The van der Waals surface area contributed by atoms with Gasteiger partial charge >= 0.3 is 11.7 Å². The highest BCUT2D eigenvalue weighted by atomic mass is 16.6. The molecule has 0 unspecified atom stereocenters. The van der Waals surface area contributed by atoms with Gasteiger partial charge in [-0.3, -0.25) is 4.57 Å². The van der Waals surface area contributed by atoms with Crippen LogP contribution in [0.2, 0.25) is 0 Å². The van der Waals surface area contributed by atoms with Gasteiger partial charge in [0.25, 0.3) is 0 Å². The van der Waals surface area contributed by atoms with Crippen molar-refractivity contribution in [3.8, 4) is 0 Å². The number of carbonyl (C=O) groups excluding carboxylic acids is 1. The summed E-state index contributed by atoms with van der Waals surface area (Å²) in [5, 5.41) is 4.46. The Labute approximate surface area is 147 Å². The number of aromatic nitrogens is 3. The number of nitrogens with zero attached hydrogens (tertiary/aromatic N) is 3. The van der Waals surface area contributed by atoms with Crippen molar-refractivity contribution in [3.05, 3.63) is 51.7 Å². The van der Waals surface area contributed by atoms with Crippen LogP contribution in [0.1, 0.15) is 56.6 Å². The van der Waals surface area contributed by atoms with Crippen LogP contribution in [0.15, 0.2) is 29.1 Å². The van der Waals surface area contributed by atoms with E-state index in [0.717, 1.165) is 12.0 Å². The number of hydrogen-bond acceptors (Lipinski definition) is 4. The quantitative estimate of drug-likeness (QED) is 0.804. The van der Waals surface area contributed by atoms with E-state index in [2.05, 4.69) is 5.10 Å². The molecule has 1 aliphatic rings. The first-order valence-electron chi connectivity index (χ1n) is 8.71. The van der Waals surface area contributed by atoms with Crippen molar-refractivity contribution in [2.75, 3.05) is 0 Å². The maximum Gasteiger partial charge on any atom is 0.347 e. The number of esters is 1. The minimum atomic E-state index is -0.581. The van der Waals surface area contributed by atoms with Gasteiger partial charge in [-0.2, -0.15) is 5.10 Å². The maximum absolute atomic E-state index is 12.8. The van der Waals surface area contributed by atoms with Crippen LogP contribution in [0.4, 0.5) is 0 Å². The molecule has 1 aromatic heterocycles. The normalized spacial score (nSPS) is 17.2. The monoisotopic (exact) mass is 343 g/mol. The molecule has 3 rings (SSSR count). The summed E-state index contributed by atoms with van der Waals surface area (Å²) >= 11 is 0. The third kappa shape index (κ3) is 3.83. The van der Waals surface area contributed by atoms with Gasteiger partial charge in [0, 0.05) is 6.42 Å². The lowest BCUT2D eigenvalue weighted by molar-refractivity contribution is -0.159. The van der Waals surface area contributed by atoms with Crippen molar-refractivity contribution >= 4 is 5.97 Å². The zero-order valence-electron chi connectivity index (χ0n) is 15.3. The van der Waals surface area contributed by atoms with Crippen LogP contribution in [0.5, 0.6) is 0 Å². The first kappa shape index (κ1) is 17.5. The second-order valence-corrected chi connectivity index (χ2v) is 7.65. The van der Waals surface area contributed by atoms with Crippen molar-refractivity contribution < 1.29 is 9.53 Å². The van der Waals surface area contributed by atoms with Crippen LogP contribution in [-0.4, -0.2) is 25.9 Å². The lowest BCUT2D eigenvalue weighted by Gasteiger charge is -2.26. The van der Waals surface area contributed by atoms with E-state index < -0.39 is 11.6 Å². The van der Waals surface area contributed by atoms with Crippen molar-refractivity contribution in [3.63, 3.8) is 0 Å². The third-order valence-corrected chi connectivity index (χ3v) is 4.26. The molecule has 0 aliphatic carbocycles. The Balaban J connectivity index is 1.89. The van der Waals surface area contributed by atoms with E-state index in [1.54, 1.807) is 0 Å². The standard InChI is InChI=1S/C19H25N3O3/c1-13-8-10-14(11-9-13)12-21-18(24)22-15(6-5-7-16(22)20-21)17(23)25-19(2,3)4/h8-11,15H,5-7,12H2,1-4H3/t15-/m1/s1. The number of carbonyl (C=O) groups is 1. The third-order valence-electron chi connectivity index (χ3n) is 4.26. The average Bonchev–Trinajstić information content (AvgIpc) is 2.84. The Morgan fingerprint density at radius 3 is 2.60 bits per heavy atom. The topological polar surface area (TPSA) is 66.1 Å². The predicted molar refractivity (Wildman–Crippen MR) is 94.6 cm³/mol. The molecule has 0 saturated carbocycles. The highest BCUT2D eigenvalue weighted by molar-refractivity contribution is 5.74. The summed E-state index contributed by atoms with van der Waals surface area (Å²) in [6.45, 7) is 7.92. The van der Waals surface area contributed by atoms with Crippen LogP contribution in [0, 0.1) is 6.92 Å². The minimum Gasteiger partial charge on any atom is -0.458 e. The molecule has 0 saturated heterocycles. The van der Waals surface area contributed by atoms with Crippen molar-refractivity contribution in [2.45, 2.75) is 65.1 Å². The molecule has 1 aliphatic heterocycles. The van der Waals surface area contributed by atoms with Gasteiger partial charge in [0.05, 0.1) is 6.54 Å². The first-order valence-corrected chi connectivity index (χ1v) is 8.71. The zero-order valence-corrected chi connectivity index (χ0v) is 15.3. The van der Waals surface area contributed by atoms with Crippen LogP contribution >= 0.6 is 0 Å². The fraction of sp³-hybridized carbons (Fsp3) is 0.526. The van der Waals surface area contributed by atoms with Gasteiger partial charge in [-0.1, -0.05) is 29.8 Å². The SMILES string of the molecule is Cc1ccc(Cn2nc3n(c2=O)[C@@H](C(=O)OC(C)(C)C)CCC3)cc1. The summed E-state index contributed by atoms with van der Waals surface area (Å²) in [6, 6.07) is 7.43. The molecule has 6 nitrogen and oxygen atoms in total. The van der Waals surface area contributed by atoms with Crippen LogP contribution in [0.3, 0.4) is 0 Å². The molecular weight excluding hydrogens is 318 g/mol. The van der Waals surface area contributed by atoms with Crippen molar-refractivity contribution in [2.24, 2.45) is 0 Å². The highest BCUT2D eigenvalue weighted by Gasteiger charge is 2.33. The predicted octanol–water partition coefficient (Wildman–Crippen LogP) is 2.62. The number of rotatable bonds is 3. The molecule has 1 atom stereocenters. The Morgan fingerprint density at radius 2 is 1.96 bits per heavy atom. The number of benzene rings is 1. The fourth-order valence-electron chi connectivity index (χ4n) is 3.09. The van der Waals surface area contributed by atoms with Gasteiger partial charge in [-0.25, -0.2) is 14.3 Å². The Bertz CT molecular complexity index is 825. The second-order valence-electron chi connectivity index (χ2n) is 7.65. The van der Waals surface area contributed by atoms with Crippen molar-refractivity contribution in [1.29, 1.82) is 0 Å². The molecule has 0 spiro atoms. The molecule has 0 fully saturated rings. The molecule has 25 heavy (non-hydrogen) atoms. The summed E-state index contributed by atoms with van der Waals surface area (Å²) in [6.07, 6.45) is 2.14. The van der Waals surface area contributed by atoms with E-state index in [-0.39, 0.29) is 11.7 Å². The molecule has 0 radical (unpaired) electrons. The van der Waals surface area contributed by atoms with Crippen LogP contribution in [-0.2, 0) is 22.5 Å². The van der Waals surface area contributed by atoms with E-state index >= 15 is 0 Å². The van der Waals surface area contributed by atoms with Crippen LogP contribution < -0.4 is 5.69 Å². The summed E-state index contributed by atoms with van der Waals surface area (Å²) in [7, 11) is 0. The van der Waals surface area contributed by atoms with Gasteiger partial charge in [-0.15, -0.1) is 0 Å². The number of aryl methyl sites for hydroxylation is 2.